The van der Waals surface area contributed by atoms with Gasteiger partial charge in [0, 0.05) is 42.8 Å². The minimum Gasteiger partial charge on any atom is -0.351 e. The summed E-state index contributed by atoms with van der Waals surface area (Å²) in [6, 6.07) is 9.43. The van der Waals surface area contributed by atoms with Gasteiger partial charge in [0.05, 0.1) is 6.20 Å². The first-order valence-corrected chi connectivity index (χ1v) is 6.00. The molecule has 0 saturated heterocycles. The smallest absolute Gasteiger partial charge is 0.257 e. The van der Waals surface area contributed by atoms with E-state index in [1.54, 1.807) is 24.0 Å². The molecule has 0 aliphatic heterocycles. The van der Waals surface area contributed by atoms with E-state index in [9.17, 15) is 4.79 Å². The van der Waals surface area contributed by atoms with Gasteiger partial charge >= 0.3 is 0 Å². The molecule has 0 bridgehead atoms. The fourth-order valence-electron chi connectivity index (χ4n) is 2.18. The van der Waals surface area contributed by atoms with Gasteiger partial charge in [-0.05, 0) is 18.2 Å². The number of nitrogens with one attached hydrogen (secondary N) is 1. The van der Waals surface area contributed by atoms with Gasteiger partial charge in [0.15, 0.2) is 0 Å². The second-order valence-electron chi connectivity index (χ2n) is 4.46. The number of anilines is 1. The van der Waals surface area contributed by atoms with Gasteiger partial charge in [0.1, 0.15) is 5.82 Å². The Hall–Kier alpha value is -2.56. The molecule has 0 unspecified atom stereocenters. The number of rotatable bonds is 2. The summed E-state index contributed by atoms with van der Waals surface area (Å²) in [6.45, 7) is 0. The molecule has 0 fully saturated rings. The highest BCUT2D eigenvalue weighted by molar-refractivity contribution is 6.12. The second kappa shape index (κ2) is 4.28. The molecular weight excluding hydrogens is 240 g/mol. The fourth-order valence-corrected chi connectivity index (χ4v) is 2.18. The van der Waals surface area contributed by atoms with Gasteiger partial charge in [-0.25, -0.2) is 0 Å². The number of aryl methyl sites for hydroxylation is 2. The predicted molar refractivity (Wildman–Crippen MR) is 74.1 cm³/mol. The third-order valence-electron chi connectivity index (χ3n) is 3.24. The van der Waals surface area contributed by atoms with Crippen molar-refractivity contribution in [3.8, 4) is 0 Å². The molecule has 3 rings (SSSR count). The molecule has 0 aliphatic rings. The van der Waals surface area contributed by atoms with Crippen LogP contribution >= 0.6 is 0 Å². The summed E-state index contributed by atoms with van der Waals surface area (Å²) in [7, 11) is 3.75. The lowest BCUT2D eigenvalue weighted by molar-refractivity contribution is 0.102. The maximum atomic E-state index is 12.3. The average molecular weight is 254 g/mol. The van der Waals surface area contributed by atoms with Crippen molar-refractivity contribution >= 4 is 22.6 Å². The highest BCUT2D eigenvalue weighted by Gasteiger charge is 2.12. The zero-order valence-corrected chi connectivity index (χ0v) is 10.8. The number of fused-ring (bicyclic) bond motifs is 1. The van der Waals surface area contributed by atoms with E-state index >= 15 is 0 Å². The summed E-state index contributed by atoms with van der Waals surface area (Å²) in [6.07, 6.45) is 3.60. The van der Waals surface area contributed by atoms with Gasteiger partial charge in [0.2, 0.25) is 0 Å². The predicted octanol–water partition coefficient (Wildman–Crippen LogP) is 2.16. The van der Waals surface area contributed by atoms with Crippen LogP contribution in [0.3, 0.4) is 0 Å². The first-order valence-electron chi connectivity index (χ1n) is 6.00. The Morgan fingerprint density at radius 2 is 2.05 bits per heavy atom. The van der Waals surface area contributed by atoms with Crippen molar-refractivity contribution in [1.29, 1.82) is 0 Å². The van der Waals surface area contributed by atoms with E-state index in [1.807, 2.05) is 42.1 Å². The topological polar surface area (TPSA) is 51.9 Å². The van der Waals surface area contributed by atoms with Gasteiger partial charge in [-0.15, -0.1) is 0 Å². The van der Waals surface area contributed by atoms with Crippen LogP contribution in [-0.2, 0) is 14.1 Å². The third kappa shape index (κ3) is 1.89. The summed E-state index contributed by atoms with van der Waals surface area (Å²) in [5, 5.41) is 7.84. The second-order valence-corrected chi connectivity index (χ2v) is 4.46. The van der Waals surface area contributed by atoms with Crippen LogP contribution in [0.4, 0.5) is 5.82 Å². The van der Waals surface area contributed by atoms with Gasteiger partial charge in [-0.2, -0.15) is 5.10 Å². The average Bonchev–Trinajstić information content (AvgIpc) is 2.97. The zero-order chi connectivity index (χ0) is 13.4. The molecular formula is C14H14N4O. The normalized spacial score (nSPS) is 10.8. The molecule has 0 radical (unpaired) electrons. The number of benzene rings is 1. The van der Waals surface area contributed by atoms with E-state index in [4.69, 9.17) is 0 Å². The van der Waals surface area contributed by atoms with Gasteiger partial charge in [-0.3, -0.25) is 9.48 Å². The zero-order valence-electron chi connectivity index (χ0n) is 10.8. The van der Waals surface area contributed by atoms with E-state index in [0.29, 0.717) is 11.4 Å². The van der Waals surface area contributed by atoms with Gasteiger partial charge in [-0.1, -0.05) is 6.07 Å². The van der Waals surface area contributed by atoms with Crippen LogP contribution in [-0.4, -0.2) is 20.3 Å². The Labute approximate surface area is 110 Å². The minimum absolute atomic E-state index is 0.125. The van der Waals surface area contributed by atoms with Crippen molar-refractivity contribution in [2.24, 2.45) is 14.1 Å². The van der Waals surface area contributed by atoms with Crippen LogP contribution in [0, 0.1) is 0 Å². The Morgan fingerprint density at radius 1 is 1.21 bits per heavy atom. The van der Waals surface area contributed by atoms with Crippen LogP contribution in [0.5, 0.6) is 0 Å². The molecule has 3 aromatic rings. The highest BCUT2D eigenvalue weighted by atomic mass is 16.1. The molecule has 19 heavy (non-hydrogen) atoms. The minimum atomic E-state index is -0.125. The Balaban J connectivity index is 2.00. The number of aromatic nitrogens is 3. The summed E-state index contributed by atoms with van der Waals surface area (Å²) < 4.78 is 3.62. The molecule has 1 amide bonds. The molecule has 1 N–H and O–H groups in total. The fraction of sp³-hybridized carbons (Fsp3) is 0.143. The third-order valence-corrected chi connectivity index (χ3v) is 3.24. The molecule has 2 heterocycles. The van der Waals surface area contributed by atoms with Gasteiger partial charge < -0.3 is 9.88 Å². The molecule has 5 nitrogen and oxygen atoms in total. The SMILES string of the molecule is Cn1nccc1NC(=O)c1cccc2c1ccn2C. The molecule has 1 aromatic carbocycles. The summed E-state index contributed by atoms with van der Waals surface area (Å²) in [4.78, 5) is 12.3. The molecule has 0 saturated carbocycles. The van der Waals surface area contributed by atoms with Crippen molar-refractivity contribution in [2.45, 2.75) is 0 Å². The van der Waals surface area contributed by atoms with E-state index in [1.165, 1.54) is 0 Å². The Kier molecular flexibility index (Phi) is 2.59. The molecule has 96 valence electrons. The van der Waals surface area contributed by atoms with Crippen molar-refractivity contribution in [1.82, 2.24) is 14.3 Å². The number of nitrogens with zero attached hydrogens (tertiary/aromatic N) is 3. The van der Waals surface area contributed by atoms with Crippen LogP contribution in [0.2, 0.25) is 0 Å². The monoisotopic (exact) mass is 254 g/mol. The van der Waals surface area contributed by atoms with E-state index < -0.39 is 0 Å². The Bertz CT molecular complexity index is 754. The Morgan fingerprint density at radius 3 is 2.79 bits per heavy atom. The number of amides is 1. The van der Waals surface area contributed by atoms with Crippen LogP contribution in [0.1, 0.15) is 10.4 Å². The maximum Gasteiger partial charge on any atom is 0.257 e. The highest BCUT2D eigenvalue weighted by Crippen LogP contribution is 2.20. The quantitative estimate of drug-likeness (QED) is 0.762. The summed E-state index contributed by atoms with van der Waals surface area (Å²) in [5.41, 5.74) is 1.71. The van der Waals surface area contributed by atoms with Crippen molar-refractivity contribution in [3.63, 3.8) is 0 Å². The number of hydrogen-bond donors (Lipinski definition) is 1. The number of hydrogen-bond acceptors (Lipinski definition) is 2. The standard InChI is InChI=1S/C14H14N4O/c1-17-9-7-10-11(4-3-5-12(10)17)14(19)16-13-6-8-15-18(13)2/h3-9H,1-2H3,(H,16,19). The summed E-state index contributed by atoms with van der Waals surface area (Å²) in [5.74, 6) is 0.554. The number of carbonyl (C=O) groups excluding carboxylic acids is 1. The largest absolute Gasteiger partial charge is 0.351 e. The molecule has 0 spiro atoms. The van der Waals surface area contributed by atoms with E-state index in [0.717, 1.165) is 10.9 Å². The van der Waals surface area contributed by atoms with E-state index in [-0.39, 0.29) is 5.91 Å². The van der Waals surface area contributed by atoms with Crippen LogP contribution < -0.4 is 5.32 Å². The van der Waals surface area contributed by atoms with Crippen LogP contribution in [0.25, 0.3) is 10.9 Å². The van der Waals surface area contributed by atoms with Crippen molar-refractivity contribution in [3.05, 3.63) is 48.3 Å². The molecule has 0 aliphatic carbocycles. The van der Waals surface area contributed by atoms with Crippen molar-refractivity contribution in [2.75, 3.05) is 5.32 Å². The van der Waals surface area contributed by atoms with Crippen molar-refractivity contribution < 1.29 is 4.79 Å². The molecule has 0 atom stereocenters. The summed E-state index contributed by atoms with van der Waals surface area (Å²) >= 11 is 0. The van der Waals surface area contributed by atoms with Crippen LogP contribution in [0.15, 0.2) is 42.7 Å². The van der Waals surface area contributed by atoms with E-state index in [2.05, 4.69) is 10.4 Å². The maximum absolute atomic E-state index is 12.3. The lowest BCUT2D eigenvalue weighted by Gasteiger charge is -2.06. The molecule has 2 aromatic heterocycles. The lowest BCUT2D eigenvalue weighted by Crippen LogP contribution is -2.14. The first kappa shape index (κ1) is 11.5. The number of carbonyl (C=O) groups is 1. The van der Waals surface area contributed by atoms with Gasteiger partial charge in [0.25, 0.3) is 5.91 Å². The first-order chi connectivity index (χ1) is 9.16. The molecule has 5 heteroatoms. The lowest BCUT2D eigenvalue weighted by atomic mass is 10.1.